The summed E-state index contributed by atoms with van der Waals surface area (Å²) < 4.78 is 7.36. The summed E-state index contributed by atoms with van der Waals surface area (Å²) in [6.07, 6.45) is 2.82. The molecule has 30 heavy (non-hydrogen) atoms. The van der Waals surface area contributed by atoms with E-state index in [0.29, 0.717) is 18.5 Å². The highest BCUT2D eigenvalue weighted by molar-refractivity contribution is 5.96. The molecule has 4 rings (SSSR count). The molecule has 2 aliphatic rings. The number of anilines is 1. The number of nitrogens with zero attached hydrogens (tertiary/aromatic N) is 4. The molecule has 1 unspecified atom stereocenters. The van der Waals surface area contributed by atoms with Crippen molar-refractivity contribution in [2.75, 3.05) is 57.8 Å². The van der Waals surface area contributed by atoms with E-state index in [1.165, 1.54) is 0 Å². The lowest BCUT2D eigenvalue weighted by atomic mass is 10.1. The maximum Gasteiger partial charge on any atom is 0.255 e. The van der Waals surface area contributed by atoms with E-state index >= 15 is 0 Å². The molecule has 1 amide bonds. The van der Waals surface area contributed by atoms with Crippen molar-refractivity contribution in [2.45, 2.75) is 18.9 Å². The summed E-state index contributed by atoms with van der Waals surface area (Å²) in [6.45, 7) is 6.28. The van der Waals surface area contributed by atoms with E-state index < -0.39 is 6.10 Å². The number of aliphatic hydroxyl groups is 1. The fourth-order valence-electron chi connectivity index (χ4n) is 4.63. The molecule has 1 atom stereocenters. The molecule has 0 spiro atoms. The number of rotatable bonds is 6. The highest BCUT2D eigenvalue weighted by atomic mass is 16.5. The van der Waals surface area contributed by atoms with Crippen LogP contribution in [0.1, 0.15) is 35.0 Å². The zero-order chi connectivity index (χ0) is 21.1. The molecule has 1 saturated heterocycles. The van der Waals surface area contributed by atoms with Gasteiger partial charge in [0, 0.05) is 52.5 Å². The average molecular weight is 413 g/mol. The summed E-state index contributed by atoms with van der Waals surface area (Å²) in [5.74, 6) is 0.969. The normalized spacial score (nSPS) is 20.2. The van der Waals surface area contributed by atoms with E-state index in [0.717, 1.165) is 62.8 Å². The summed E-state index contributed by atoms with van der Waals surface area (Å²) in [5, 5.41) is 10.4. The van der Waals surface area contributed by atoms with Crippen LogP contribution >= 0.6 is 0 Å². The number of ether oxygens (including phenoxy) is 1. The molecule has 0 radical (unpaired) electrons. The largest absolute Gasteiger partial charge is 0.495 e. The van der Waals surface area contributed by atoms with E-state index in [2.05, 4.69) is 21.9 Å². The first-order valence-electron chi connectivity index (χ1n) is 10.8. The Morgan fingerprint density at radius 1 is 1.07 bits per heavy atom. The summed E-state index contributed by atoms with van der Waals surface area (Å²) >= 11 is 0. The van der Waals surface area contributed by atoms with Crippen LogP contribution in [0.5, 0.6) is 5.75 Å². The van der Waals surface area contributed by atoms with Crippen molar-refractivity contribution in [2.24, 2.45) is 7.05 Å². The monoisotopic (exact) mass is 412 g/mol. The zero-order valence-corrected chi connectivity index (χ0v) is 18.0. The van der Waals surface area contributed by atoms with Crippen LogP contribution in [0.15, 0.2) is 36.5 Å². The molecule has 7 heteroatoms. The van der Waals surface area contributed by atoms with Crippen molar-refractivity contribution in [1.29, 1.82) is 0 Å². The molecule has 1 aromatic heterocycles. The molecule has 0 saturated carbocycles. The summed E-state index contributed by atoms with van der Waals surface area (Å²) in [6, 6.07) is 10.0. The maximum absolute atomic E-state index is 12.9. The van der Waals surface area contributed by atoms with E-state index in [1.807, 2.05) is 40.9 Å². The molecular formula is C23H32N4O3. The Labute approximate surface area is 178 Å². The van der Waals surface area contributed by atoms with Crippen LogP contribution in [0.2, 0.25) is 0 Å². The number of para-hydroxylation sites is 2. The lowest BCUT2D eigenvalue weighted by Gasteiger charge is -2.36. The van der Waals surface area contributed by atoms with E-state index in [1.54, 1.807) is 7.11 Å². The maximum atomic E-state index is 12.9. The highest BCUT2D eigenvalue weighted by Crippen LogP contribution is 2.29. The molecule has 162 valence electrons. The Morgan fingerprint density at radius 3 is 2.60 bits per heavy atom. The predicted molar refractivity (Wildman–Crippen MR) is 117 cm³/mol. The first-order valence-corrected chi connectivity index (χ1v) is 10.8. The summed E-state index contributed by atoms with van der Waals surface area (Å²) in [4.78, 5) is 19.7. The summed E-state index contributed by atoms with van der Waals surface area (Å²) in [7, 11) is 3.60. The second-order valence-corrected chi connectivity index (χ2v) is 8.18. The second kappa shape index (κ2) is 9.10. The smallest absolute Gasteiger partial charge is 0.255 e. The minimum absolute atomic E-state index is 0.0446. The quantitative estimate of drug-likeness (QED) is 0.788. The molecule has 1 N–H and O–H groups in total. The number of fused-ring (bicyclic) bond motifs is 1. The van der Waals surface area contributed by atoms with Gasteiger partial charge in [-0.3, -0.25) is 9.69 Å². The van der Waals surface area contributed by atoms with Crippen molar-refractivity contribution in [3.05, 3.63) is 47.8 Å². The van der Waals surface area contributed by atoms with Gasteiger partial charge in [0.15, 0.2) is 0 Å². The number of piperazine rings is 1. The highest BCUT2D eigenvalue weighted by Gasteiger charge is 2.29. The fraction of sp³-hybridized carbons (Fsp3) is 0.522. The number of hydrogen-bond acceptors (Lipinski definition) is 5. The molecule has 0 bridgehead atoms. The van der Waals surface area contributed by atoms with Gasteiger partial charge in [0.25, 0.3) is 5.91 Å². The molecule has 3 heterocycles. The summed E-state index contributed by atoms with van der Waals surface area (Å²) in [5.41, 5.74) is 2.55. The first-order chi connectivity index (χ1) is 14.6. The average Bonchev–Trinajstić information content (AvgIpc) is 3.12. The Balaban J connectivity index is 1.27. The third kappa shape index (κ3) is 4.18. The van der Waals surface area contributed by atoms with Gasteiger partial charge in [-0.05, 0) is 37.6 Å². The van der Waals surface area contributed by atoms with Crippen LogP contribution in [-0.2, 0) is 7.05 Å². The van der Waals surface area contributed by atoms with Gasteiger partial charge in [-0.2, -0.15) is 0 Å². The number of methoxy groups -OCH3 is 1. The van der Waals surface area contributed by atoms with Crippen LogP contribution in [0.25, 0.3) is 0 Å². The van der Waals surface area contributed by atoms with Crippen molar-refractivity contribution < 1.29 is 14.6 Å². The van der Waals surface area contributed by atoms with Crippen molar-refractivity contribution in [1.82, 2.24) is 14.4 Å². The van der Waals surface area contributed by atoms with Gasteiger partial charge >= 0.3 is 0 Å². The second-order valence-electron chi connectivity index (χ2n) is 8.18. The van der Waals surface area contributed by atoms with Crippen LogP contribution in [0.3, 0.4) is 0 Å². The van der Waals surface area contributed by atoms with E-state index in [4.69, 9.17) is 4.74 Å². The lowest BCUT2D eigenvalue weighted by molar-refractivity contribution is 0.0738. The Hall–Kier alpha value is -2.51. The molecule has 7 nitrogen and oxygen atoms in total. The SMILES string of the molecule is COc1ccccc1N1CCN(CCCN2CCC(O)c3c(ccn3C)C2=O)CC1. The third-order valence-electron chi connectivity index (χ3n) is 6.33. The van der Waals surface area contributed by atoms with Crippen LogP contribution < -0.4 is 9.64 Å². The molecule has 2 aliphatic heterocycles. The standard InChI is InChI=1S/C23H32N4O3/c1-24-12-8-18-22(24)20(28)9-13-27(23(18)29)11-5-10-25-14-16-26(17-15-25)19-6-3-4-7-21(19)30-2/h3-4,6-8,12,20,28H,5,9-11,13-17H2,1-2H3. The molecule has 1 fully saturated rings. The molecule has 1 aromatic carbocycles. The third-order valence-corrected chi connectivity index (χ3v) is 6.33. The Bertz CT molecular complexity index is 873. The molecule has 2 aromatic rings. The van der Waals surface area contributed by atoms with Crippen LogP contribution in [0, 0.1) is 0 Å². The van der Waals surface area contributed by atoms with Crippen molar-refractivity contribution in [3.63, 3.8) is 0 Å². The number of benzene rings is 1. The minimum Gasteiger partial charge on any atom is -0.495 e. The van der Waals surface area contributed by atoms with Gasteiger partial charge in [-0.25, -0.2) is 0 Å². The number of aryl methyl sites for hydroxylation is 1. The zero-order valence-electron chi connectivity index (χ0n) is 18.0. The van der Waals surface area contributed by atoms with Gasteiger partial charge in [0.2, 0.25) is 0 Å². The van der Waals surface area contributed by atoms with Crippen LogP contribution in [0.4, 0.5) is 5.69 Å². The first kappa shape index (κ1) is 20.8. The van der Waals surface area contributed by atoms with Gasteiger partial charge in [-0.15, -0.1) is 0 Å². The Morgan fingerprint density at radius 2 is 1.83 bits per heavy atom. The Kier molecular flexibility index (Phi) is 6.29. The number of carbonyl (C=O) groups is 1. The minimum atomic E-state index is -0.572. The molecular weight excluding hydrogens is 380 g/mol. The van der Waals surface area contributed by atoms with Gasteiger partial charge in [0.05, 0.1) is 30.2 Å². The number of amides is 1. The number of hydrogen-bond donors (Lipinski definition) is 1. The van der Waals surface area contributed by atoms with Crippen molar-refractivity contribution >= 4 is 11.6 Å². The topological polar surface area (TPSA) is 61.2 Å². The van der Waals surface area contributed by atoms with E-state index in [-0.39, 0.29) is 5.91 Å². The van der Waals surface area contributed by atoms with Crippen molar-refractivity contribution in [3.8, 4) is 5.75 Å². The fourth-order valence-corrected chi connectivity index (χ4v) is 4.63. The van der Waals surface area contributed by atoms with Gasteiger partial charge in [0.1, 0.15) is 5.75 Å². The number of carbonyl (C=O) groups excluding carboxylic acids is 1. The van der Waals surface area contributed by atoms with Crippen LogP contribution in [-0.4, -0.2) is 78.3 Å². The van der Waals surface area contributed by atoms with Gasteiger partial charge < -0.3 is 24.2 Å². The number of aromatic nitrogens is 1. The number of aliphatic hydroxyl groups excluding tert-OH is 1. The van der Waals surface area contributed by atoms with E-state index in [9.17, 15) is 9.90 Å². The lowest BCUT2D eigenvalue weighted by Crippen LogP contribution is -2.47. The molecule has 0 aliphatic carbocycles. The predicted octanol–water partition coefficient (Wildman–Crippen LogP) is 2.13. The van der Waals surface area contributed by atoms with Gasteiger partial charge in [-0.1, -0.05) is 12.1 Å².